The van der Waals surface area contributed by atoms with E-state index in [0.29, 0.717) is 4.31 Å². The van der Waals surface area contributed by atoms with Gasteiger partial charge in [-0.1, -0.05) is 0 Å². The van der Waals surface area contributed by atoms with E-state index in [9.17, 15) is 4.79 Å². The number of hydrogen-bond donors (Lipinski definition) is 1. The van der Waals surface area contributed by atoms with Crippen LogP contribution < -0.4 is 0 Å². The Hall–Kier alpha value is 0.149. The summed E-state index contributed by atoms with van der Waals surface area (Å²) in [6.45, 7) is -0.952. The Bertz CT molecular complexity index is 848. The maximum atomic E-state index is 12.2. The van der Waals surface area contributed by atoms with E-state index in [0.717, 1.165) is 12.9 Å². The third kappa shape index (κ3) is 0.0509. The third-order valence-electron chi connectivity index (χ3n) is 15.2. The zero-order valence-corrected chi connectivity index (χ0v) is 10.5. The van der Waals surface area contributed by atoms with E-state index in [1.165, 1.54) is 43.3 Å². The van der Waals surface area contributed by atoms with Gasteiger partial charge in [0.25, 0.3) is 0 Å². The summed E-state index contributed by atoms with van der Waals surface area (Å²) in [5, 5.41) is 7.00. The number of aliphatic hydroxyl groups is 1. The quantitative estimate of drug-likeness (QED) is 0.736. The average molecular weight is 260 g/mol. The van der Waals surface area contributed by atoms with Crippen molar-refractivity contribution < 1.29 is 16.4 Å². The fraction of sp³-hybridized carbons (Fsp3) is 0.923. The Morgan fingerprint density at radius 2 is 1.31 bits per heavy atom. The normalized spacial score (nSPS) is 125. The molecule has 2 nitrogen and oxygen atoms in total. The number of hydrogen-bond acceptors (Lipinski definition) is 2. The van der Waals surface area contributed by atoms with Crippen molar-refractivity contribution in [2.24, 2.45) is 0 Å². The Morgan fingerprint density at radius 3 is 1.38 bits per heavy atom. The second-order valence-electron chi connectivity index (χ2n) is 10.2. The van der Waals surface area contributed by atoms with Gasteiger partial charge in [0.1, 0.15) is 0 Å². The number of Topliss-reactive ketones (excluding diaryl/α,β-unsaturated/α-hetero) is 1. The molecule has 0 saturated carbocycles. The number of carbonyl (C=O) groups is 1. The van der Waals surface area contributed by atoms with Gasteiger partial charge in [-0.2, -0.15) is 0 Å². The first-order chi connectivity index (χ1) is 7.49. The zero-order chi connectivity index (χ0) is 10.6. The molecule has 16 heavy (non-hydrogen) atoms. The predicted octanol–water partition coefficient (Wildman–Crippen LogP) is 2.94. The first-order valence-corrected chi connectivity index (χ1v) is 12.9. The van der Waals surface area contributed by atoms with Crippen molar-refractivity contribution in [1.29, 1.82) is 0 Å². The molecule has 88 valence electrons. The van der Waals surface area contributed by atoms with Crippen molar-refractivity contribution in [1.82, 2.24) is 0 Å². The van der Waals surface area contributed by atoms with Crippen LogP contribution in [0.5, 0.6) is 0 Å². The minimum atomic E-state index is -2.94. The molecule has 0 aromatic rings. The van der Waals surface area contributed by atoms with Gasteiger partial charge in [-0.3, -0.25) is 0 Å². The van der Waals surface area contributed by atoms with Crippen LogP contribution in [0.15, 0.2) is 0 Å². The van der Waals surface area contributed by atoms with Crippen LogP contribution in [0.1, 0.15) is 6.92 Å². The molecular formula is C13H16FeO2. The number of fused-ring (bicyclic) bond motifs is 10. The van der Waals surface area contributed by atoms with Gasteiger partial charge < -0.3 is 5.11 Å². The van der Waals surface area contributed by atoms with E-state index in [1.807, 2.05) is 6.92 Å². The van der Waals surface area contributed by atoms with Crippen molar-refractivity contribution >= 4 is 5.78 Å². The molecular weight excluding hydrogens is 244 g/mol. The minimum absolute atomic E-state index is 0.555. The molecule has 3 heteroatoms. The van der Waals surface area contributed by atoms with E-state index in [-0.39, 0.29) is 0 Å². The smallest absolute Gasteiger partial charge is 0.0319 e. The molecule has 0 aromatic carbocycles. The SMILES string of the molecule is CC(=O)[C]12[CH]3[CH]4[CH]5[CH]1[Fe]45321678[CH]2[CH]1[CH]6[CH]7[CH]28.CO. The fourth-order valence-corrected chi connectivity index (χ4v) is 91.7. The molecule has 10 fully saturated rings. The number of carbonyl (C=O) groups excluding carboxylic acids is 1. The summed E-state index contributed by atoms with van der Waals surface area (Å²) < 4.78 is 0.555. The van der Waals surface area contributed by atoms with Crippen molar-refractivity contribution in [3.05, 3.63) is 0 Å². The molecule has 0 bridgehead atoms. The van der Waals surface area contributed by atoms with E-state index >= 15 is 0 Å². The van der Waals surface area contributed by atoms with Gasteiger partial charge >= 0.3 is 71.7 Å². The summed E-state index contributed by atoms with van der Waals surface area (Å²) in [6, 6.07) is 0. The molecule has 0 amide bonds. The summed E-state index contributed by atoms with van der Waals surface area (Å²) >= 11 is 0. The molecule has 10 heterocycles. The van der Waals surface area contributed by atoms with Crippen LogP contribution in [0.3, 0.4) is 0 Å². The molecule has 1 N–H and O–H groups in total. The largest absolute Gasteiger partial charge is 0.400 e. The topological polar surface area (TPSA) is 37.3 Å². The van der Waals surface area contributed by atoms with Crippen molar-refractivity contribution in [3.63, 3.8) is 0 Å². The zero-order valence-electron chi connectivity index (χ0n) is 9.41. The predicted molar refractivity (Wildman–Crippen MR) is 55.3 cm³/mol. The number of aliphatic hydroxyl groups excluding tert-OH is 1. The van der Waals surface area contributed by atoms with Crippen molar-refractivity contribution in [2.75, 3.05) is 7.11 Å². The summed E-state index contributed by atoms with van der Waals surface area (Å²) in [6.07, 6.45) is 0. The van der Waals surface area contributed by atoms with E-state index in [1.54, 1.807) is 0 Å². The first-order valence-electron chi connectivity index (χ1n) is 6.66. The molecule has 0 aliphatic carbocycles. The Kier molecular flexibility index (Phi) is 0.183. The molecule has 10 aliphatic rings. The van der Waals surface area contributed by atoms with Gasteiger partial charge in [0.05, 0.1) is 0 Å². The molecule has 10 saturated heterocycles. The van der Waals surface area contributed by atoms with Crippen LogP contribution in [-0.2, 0) is 11.3 Å². The molecule has 1 spiro atoms. The number of rotatable bonds is 1. The molecule has 10 rings (SSSR count). The van der Waals surface area contributed by atoms with E-state index in [2.05, 4.69) is 0 Å². The molecule has 0 radical (unpaired) electrons. The molecule has 10 aliphatic heterocycles. The third-order valence-corrected chi connectivity index (χ3v) is 57.6. The van der Waals surface area contributed by atoms with E-state index < -0.39 is 6.51 Å². The van der Waals surface area contributed by atoms with Crippen LogP contribution in [0.2, 0.25) is 47.7 Å². The average Bonchev–Trinajstić information content (AvgIpc) is 3.25. The second-order valence-corrected chi connectivity index (χ2v) is 33.8. The van der Waals surface area contributed by atoms with Crippen LogP contribution >= 0.6 is 0 Å². The van der Waals surface area contributed by atoms with Crippen molar-refractivity contribution in [2.45, 2.75) is 54.6 Å². The monoisotopic (exact) mass is 260 g/mol. The minimum Gasteiger partial charge on any atom is -0.400 e. The van der Waals surface area contributed by atoms with Gasteiger partial charge in [-0.25, -0.2) is 0 Å². The fourth-order valence-electron chi connectivity index (χ4n) is 17.2. The van der Waals surface area contributed by atoms with Crippen LogP contribution in [-0.4, -0.2) is 18.0 Å². The van der Waals surface area contributed by atoms with Gasteiger partial charge in [-0.15, -0.1) is 0 Å². The maximum absolute atomic E-state index is 12.2. The van der Waals surface area contributed by atoms with Crippen LogP contribution in [0.25, 0.3) is 0 Å². The van der Waals surface area contributed by atoms with Crippen molar-refractivity contribution in [3.8, 4) is 0 Å². The van der Waals surface area contributed by atoms with Gasteiger partial charge in [-0.05, 0) is 0 Å². The van der Waals surface area contributed by atoms with E-state index in [4.69, 9.17) is 5.11 Å². The Balaban J connectivity index is 0.000000278. The standard InChI is InChI=1S/C7H7O.C5H5.CH4O.Fe/c1-6(8)7-4-2-3-5-7;1-2-4-5-3-1;1-2;/h2-5H,1H3;1-5H;2H,1H3;. The summed E-state index contributed by atoms with van der Waals surface area (Å²) in [5.74, 6) is 0.726. The Morgan fingerprint density at radius 1 is 0.938 bits per heavy atom. The Labute approximate surface area is 84.1 Å². The number of ketones is 1. The van der Waals surface area contributed by atoms with Gasteiger partial charge in [0, 0.05) is 7.11 Å². The molecule has 4 atom stereocenters. The maximum Gasteiger partial charge on any atom is 0.0319 e. The first kappa shape index (κ1) is 6.36. The summed E-state index contributed by atoms with van der Waals surface area (Å²) in [7, 11) is 1.00. The summed E-state index contributed by atoms with van der Waals surface area (Å²) in [5.41, 5.74) is 0. The summed E-state index contributed by atoms with van der Waals surface area (Å²) in [4.78, 5) is 23.9. The second kappa shape index (κ2) is 0.461. The molecule has 4 unspecified atom stereocenters. The molecule has 0 aromatic heterocycles. The van der Waals surface area contributed by atoms with Gasteiger partial charge in [0.15, 0.2) is 0 Å². The van der Waals surface area contributed by atoms with Crippen LogP contribution in [0, 0.1) is 0 Å². The van der Waals surface area contributed by atoms with Gasteiger partial charge in [0.2, 0.25) is 0 Å². The van der Waals surface area contributed by atoms with Crippen LogP contribution in [0.4, 0.5) is 0 Å².